The Balaban J connectivity index is 1.73. The van der Waals surface area contributed by atoms with Crippen LogP contribution < -0.4 is 10.2 Å². The molecule has 0 aliphatic carbocycles. The van der Waals surface area contributed by atoms with E-state index in [4.69, 9.17) is 0 Å². The van der Waals surface area contributed by atoms with Gasteiger partial charge in [0.1, 0.15) is 6.04 Å². The topological polar surface area (TPSA) is 46.4 Å². The highest BCUT2D eigenvalue weighted by molar-refractivity contribution is 5.90. The van der Waals surface area contributed by atoms with Gasteiger partial charge in [-0.3, -0.25) is 9.78 Å². The highest BCUT2D eigenvalue weighted by atomic mass is 16.1. The number of hydrogen-bond acceptors (Lipinski definition) is 2. The number of carbonyl (C=O) groups is 1. The van der Waals surface area contributed by atoms with Gasteiger partial charge in [-0.2, -0.15) is 0 Å². The summed E-state index contributed by atoms with van der Waals surface area (Å²) in [6.07, 6.45) is 4.95. The van der Waals surface area contributed by atoms with Crippen molar-refractivity contribution in [2.45, 2.75) is 18.9 Å². The van der Waals surface area contributed by atoms with Crippen LogP contribution in [0, 0.1) is 0 Å². The number of aromatic nitrogens is 1. The van der Waals surface area contributed by atoms with Crippen LogP contribution in [-0.2, 0) is 11.2 Å². The molecule has 1 aliphatic heterocycles. The second kappa shape index (κ2) is 6.06. The lowest BCUT2D eigenvalue weighted by Crippen LogP contribution is -3.10. The van der Waals surface area contributed by atoms with Crippen LogP contribution in [0.2, 0.25) is 0 Å². The fraction of sp³-hybridized carbons (Fsp3) is 0.294. The Hall–Kier alpha value is -2.20. The number of nitrogens with one attached hydrogen (secondary N) is 2. The van der Waals surface area contributed by atoms with Crippen molar-refractivity contribution in [3.63, 3.8) is 0 Å². The molecule has 0 fully saturated rings. The molecule has 4 heteroatoms. The summed E-state index contributed by atoms with van der Waals surface area (Å²) in [4.78, 5) is 17.7. The molecule has 0 saturated carbocycles. The van der Waals surface area contributed by atoms with Crippen LogP contribution in [0.25, 0.3) is 0 Å². The predicted molar refractivity (Wildman–Crippen MR) is 82.1 cm³/mol. The Morgan fingerprint density at radius 1 is 1.33 bits per heavy atom. The van der Waals surface area contributed by atoms with E-state index in [9.17, 15) is 4.79 Å². The average molecular weight is 282 g/mol. The Morgan fingerprint density at radius 3 is 3.00 bits per heavy atom. The third kappa shape index (κ3) is 3.11. The zero-order valence-electron chi connectivity index (χ0n) is 12.2. The van der Waals surface area contributed by atoms with Gasteiger partial charge in [0.05, 0.1) is 31.9 Å². The van der Waals surface area contributed by atoms with E-state index in [1.807, 2.05) is 12.1 Å². The lowest BCUT2D eigenvalue weighted by Gasteiger charge is -2.31. The van der Waals surface area contributed by atoms with Gasteiger partial charge in [-0.1, -0.05) is 24.3 Å². The second-order valence-corrected chi connectivity index (χ2v) is 5.59. The van der Waals surface area contributed by atoms with Crippen LogP contribution in [0.1, 0.15) is 23.6 Å². The van der Waals surface area contributed by atoms with Gasteiger partial charge in [-0.25, -0.2) is 0 Å². The van der Waals surface area contributed by atoms with Crippen LogP contribution in [0.5, 0.6) is 0 Å². The van der Waals surface area contributed by atoms with Gasteiger partial charge in [0.15, 0.2) is 0 Å². The van der Waals surface area contributed by atoms with Gasteiger partial charge < -0.3 is 10.2 Å². The van der Waals surface area contributed by atoms with E-state index in [-0.39, 0.29) is 11.9 Å². The summed E-state index contributed by atoms with van der Waals surface area (Å²) >= 11 is 0. The van der Waals surface area contributed by atoms with Crippen molar-refractivity contribution in [2.24, 2.45) is 0 Å². The Morgan fingerprint density at radius 2 is 2.19 bits per heavy atom. The van der Waals surface area contributed by atoms with Gasteiger partial charge in [0, 0.05) is 18.2 Å². The molecule has 2 N–H and O–H groups in total. The third-order valence-electron chi connectivity index (χ3n) is 4.15. The predicted octanol–water partition coefficient (Wildman–Crippen LogP) is 1.22. The van der Waals surface area contributed by atoms with Gasteiger partial charge in [0.2, 0.25) is 5.91 Å². The molecule has 2 atom stereocenters. The number of quaternary nitrogens is 1. The number of fused-ring (bicyclic) bond motifs is 1. The summed E-state index contributed by atoms with van der Waals surface area (Å²) in [5.74, 6) is 0.0454. The first kappa shape index (κ1) is 13.8. The van der Waals surface area contributed by atoms with Crippen molar-refractivity contribution >= 4 is 11.6 Å². The summed E-state index contributed by atoms with van der Waals surface area (Å²) in [6.45, 7) is 1.07. The second-order valence-electron chi connectivity index (χ2n) is 5.59. The molecule has 0 spiro atoms. The first-order valence-corrected chi connectivity index (χ1v) is 7.34. The fourth-order valence-corrected chi connectivity index (χ4v) is 2.99. The number of rotatable bonds is 3. The summed E-state index contributed by atoms with van der Waals surface area (Å²) in [7, 11) is 2.16. The Labute approximate surface area is 124 Å². The lowest BCUT2D eigenvalue weighted by molar-refractivity contribution is -0.914. The molecule has 0 bridgehead atoms. The molecule has 3 rings (SSSR count). The molecule has 1 aromatic heterocycles. The van der Waals surface area contributed by atoms with E-state index in [1.54, 1.807) is 12.4 Å². The zero-order valence-corrected chi connectivity index (χ0v) is 12.2. The van der Waals surface area contributed by atoms with E-state index >= 15 is 0 Å². The van der Waals surface area contributed by atoms with Gasteiger partial charge in [-0.05, 0) is 17.7 Å². The van der Waals surface area contributed by atoms with Crippen LogP contribution in [-0.4, -0.2) is 24.5 Å². The maximum atomic E-state index is 12.3. The summed E-state index contributed by atoms with van der Waals surface area (Å²) in [5.41, 5.74) is 3.44. The first-order chi connectivity index (χ1) is 10.2. The molecule has 2 heterocycles. The number of nitrogens with zero attached hydrogens (tertiary/aromatic N) is 1. The maximum Gasteiger partial charge on any atom is 0.230 e. The van der Waals surface area contributed by atoms with Crippen molar-refractivity contribution in [3.8, 4) is 0 Å². The van der Waals surface area contributed by atoms with E-state index < -0.39 is 0 Å². The number of likely N-dealkylation sites (N-methyl/N-ethyl adjacent to an activating group) is 1. The monoisotopic (exact) mass is 282 g/mol. The van der Waals surface area contributed by atoms with Crippen LogP contribution in [0.15, 0.2) is 48.8 Å². The Kier molecular flexibility index (Phi) is 3.97. The van der Waals surface area contributed by atoms with E-state index in [1.165, 1.54) is 16.0 Å². The Bertz CT molecular complexity index is 627. The highest BCUT2D eigenvalue weighted by Crippen LogP contribution is 2.22. The largest absolute Gasteiger partial charge is 0.330 e. The molecule has 1 unspecified atom stereocenters. The summed E-state index contributed by atoms with van der Waals surface area (Å²) < 4.78 is 0. The normalized spacial score (nSPS) is 20.6. The molecule has 0 saturated heterocycles. The van der Waals surface area contributed by atoms with Crippen LogP contribution >= 0.6 is 0 Å². The minimum Gasteiger partial charge on any atom is -0.330 e. The lowest BCUT2D eigenvalue weighted by atomic mass is 9.91. The molecule has 108 valence electrons. The standard InChI is InChI=1S/C17H19N3O/c1-20-10-8-13-5-2-3-7-15(13)16(20)11-17(21)19-14-6-4-9-18-12-14/h2-7,9,12,16H,8,10-11H2,1H3,(H,19,21)/p+1/t16-/m1/s1. The van der Waals surface area contributed by atoms with Gasteiger partial charge in [0.25, 0.3) is 0 Å². The molecule has 1 aliphatic rings. The van der Waals surface area contributed by atoms with Gasteiger partial charge in [-0.15, -0.1) is 0 Å². The van der Waals surface area contributed by atoms with Crippen molar-refractivity contribution in [3.05, 3.63) is 59.9 Å². The van der Waals surface area contributed by atoms with Crippen molar-refractivity contribution < 1.29 is 9.69 Å². The number of benzene rings is 1. The SMILES string of the molecule is C[NH+]1CCc2ccccc2[C@H]1CC(=O)Nc1cccnc1. The number of carbonyl (C=O) groups excluding carboxylic acids is 1. The first-order valence-electron chi connectivity index (χ1n) is 7.34. The number of amides is 1. The van der Waals surface area contributed by atoms with Crippen LogP contribution in [0.4, 0.5) is 5.69 Å². The molecule has 0 radical (unpaired) electrons. The number of hydrogen-bond donors (Lipinski definition) is 2. The van der Waals surface area contributed by atoms with E-state index in [2.05, 4.69) is 41.6 Å². The average Bonchev–Trinajstić information content (AvgIpc) is 2.51. The molecular formula is C17H20N3O+. The fourth-order valence-electron chi connectivity index (χ4n) is 2.99. The quantitative estimate of drug-likeness (QED) is 0.889. The molecule has 1 amide bonds. The molecule has 21 heavy (non-hydrogen) atoms. The van der Waals surface area contributed by atoms with Gasteiger partial charge >= 0.3 is 0 Å². The van der Waals surface area contributed by atoms with E-state index in [0.29, 0.717) is 6.42 Å². The number of anilines is 1. The van der Waals surface area contributed by atoms with Crippen molar-refractivity contribution in [1.82, 2.24) is 4.98 Å². The molecule has 1 aromatic carbocycles. The number of pyridine rings is 1. The molecule has 4 nitrogen and oxygen atoms in total. The summed E-state index contributed by atoms with van der Waals surface area (Å²) in [6, 6.07) is 12.4. The highest BCUT2D eigenvalue weighted by Gasteiger charge is 2.29. The van der Waals surface area contributed by atoms with Crippen molar-refractivity contribution in [2.75, 3.05) is 18.9 Å². The molecular weight excluding hydrogens is 262 g/mol. The van der Waals surface area contributed by atoms with Crippen LogP contribution in [0.3, 0.4) is 0 Å². The smallest absolute Gasteiger partial charge is 0.230 e. The van der Waals surface area contributed by atoms with E-state index in [0.717, 1.165) is 18.7 Å². The molecule has 2 aromatic rings. The minimum atomic E-state index is 0.0454. The maximum absolute atomic E-state index is 12.3. The minimum absolute atomic E-state index is 0.0454. The zero-order chi connectivity index (χ0) is 14.7. The third-order valence-corrected chi connectivity index (χ3v) is 4.15. The van der Waals surface area contributed by atoms with Crippen molar-refractivity contribution in [1.29, 1.82) is 0 Å². The summed E-state index contributed by atoms with van der Waals surface area (Å²) in [5, 5.41) is 2.93.